The van der Waals surface area contributed by atoms with Gasteiger partial charge in [-0.05, 0) is 31.2 Å². The Morgan fingerprint density at radius 2 is 2.00 bits per heavy atom. The number of aromatic nitrogens is 1. The maximum Gasteiger partial charge on any atom is 0.311 e. The van der Waals surface area contributed by atoms with Gasteiger partial charge in [0.25, 0.3) is 0 Å². The molecule has 0 saturated carbocycles. The monoisotopic (exact) mass is 421 g/mol. The molecule has 140 valence electrons. The molecule has 0 amide bonds. The number of thiazole rings is 1. The van der Waals surface area contributed by atoms with Crippen molar-refractivity contribution < 1.29 is 14.3 Å². The number of benzene rings is 2. The van der Waals surface area contributed by atoms with Crippen molar-refractivity contribution in [2.75, 3.05) is 6.61 Å². The second-order valence-corrected chi connectivity index (χ2v) is 7.35. The number of nitrogens with zero attached hydrogens (tertiary/aromatic N) is 1. The number of ether oxygens (including phenoxy) is 2. The average Bonchev–Trinajstić information content (AvgIpc) is 3.10. The van der Waals surface area contributed by atoms with E-state index in [2.05, 4.69) is 4.98 Å². The molecule has 0 bridgehead atoms. The third-order valence-electron chi connectivity index (χ3n) is 3.70. The first-order valence-electron chi connectivity index (χ1n) is 8.33. The molecule has 0 unspecified atom stereocenters. The smallest absolute Gasteiger partial charge is 0.311 e. The maximum atomic E-state index is 11.7. The van der Waals surface area contributed by atoms with Gasteiger partial charge in [-0.15, -0.1) is 11.3 Å². The van der Waals surface area contributed by atoms with Crippen LogP contribution in [-0.4, -0.2) is 17.6 Å². The molecule has 0 aliphatic carbocycles. The zero-order valence-electron chi connectivity index (χ0n) is 14.6. The second-order valence-electron chi connectivity index (χ2n) is 5.65. The van der Waals surface area contributed by atoms with E-state index in [1.807, 2.05) is 29.6 Å². The van der Waals surface area contributed by atoms with E-state index in [-0.39, 0.29) is 12.4 Å². The first-order chi connectivity index (χ1) is 13.1. The molecule has 4 nitrogen and oxygen atoms in total. The van der Waals surface area contributed by atoms with Crippen molar-refractivity contribution in [3.8, 4) is 16.3 Å². The average molecular weight is 422 g/mol. The number of esters is 1. The van der Waals surface area contributed by atoms with E-state index < -0.39 is 0 Å². The van der Waals surface area contributed by atoms with E-state index >= 15 is 0 Å². The maximum absolute atomic E-state index is 11.7. The van der Waals surface area contributed by atoms with E-state index in [4.69, 9.17) is 32.7 Å². The van der Waals surface area contributed by atoms with E-state index in [1.165, 1.54) is 11.3 Å². The lowest BCUT2D eigenvalue weighted by Crippen LogP contribution is -2.07. The molecular weight excluding hydrogens is 405 g/mol. The number of carbonyl (C=O) groups is 1. The van der Waals surface area contributed by atoms with Crippen LogP contribution in [0.25, 0.3) is 10.6 Å². The molecule has 0 fully saturated rings. The Balaban J connectivity index is 1.81. The molecule has 0 radical (unpaired) electrons. The van der Waals surface area contributed by atoms with Crippen molar-refractivity contribution in [3.63, 3.8) is 0 Å². The molecule has 3 aromatic rings. The lowest BCUT2D eigenvalue weighted by Gasteiger charge is -2.11. The fourth-order valence-electron chi connectivity index (χ4n) is 2.44. The van der Waals surface area contributed by atoms with Crippen molar-refractivity contribution in [2.24, 2.45) is 0 Å². The molecule has 0 spiro atoms. The van der Waals surface area contributed by atoms with Gasteiger partial charge in [-0.2, -0.15) is 0 Å². The van der Waals surface area contributed by atoms with Crippen LogP contribution in [0.1, 0.15) is 18.2 Å². The van der Waals surface area contributed by atoms with E-state index in [0.29, 0.717) is 34.7 Å². The van der Waals surface area contributed by atoms with Crippen LogP contribution in [-0.2, 0) is 22.6 Å². The summed E-state index contributed by atoms with van der Waals surface area (Å²) < 4.78 is 10.9. The Hall–Kier alpha value is -2.08. The lowest BCUT2D eigenvalue weighted by molar-refractivity contribution is -0.142. The normalized spacial score (nSPS) is 10.6. The third-order valence-corrected chi connectivity index (χ3v) is 5.22. The number of carbonyl (C=O) groups excluding carboxylic acids is 1. The Bertz CT molecular complexity index is 942. The van der Waals surface area contributed by atoms with Crippen molar-refractivity contribution in [3.05, 3.63) is 69.1 Å². The van der Waals surface area contributed by atoms with Gasteiger partial charge in [-0.1, -0.05) is 41.4 Å². The van der Waals surface area contributed by atoms with Crippen LogP contribution in [0.15, 0.2) is 47.8 Å². The molecule has 1 heterocycles. The highest BCUT2D eigenvalue weighted by Crippen LogP contribution is 2.35. The van der Waals surface area contributed by atoms with Crippen molar-refractivity contribution in [2.45, 2.75) is 20.0 Å². The number of hydrogen-bond donors (Lipinski definition) is 0. The minimum absolute atomic E-state index is 0.140. The highest BCUT2D eigenvalue weighted by atomic mass is 35.5. The Kier molecular flexibility index (Phi) is 6.72. The molecule has 0 N–H and O–H groups in total. The van der Waals surface area contributed by atoms with Crippen LogP contribution >= 0.6 is 34.5 Å². The minimum Gasteiger partial charge on any atom is -0.488 e. The summed E-state index contributed by atoms with van der Waals surface area (Å²) in [4.78, 5) is 16.2. The molecule has 0 atom stereocenters. The lowest BCUT2D eigenvalue weighted by atomic mass is 10.2. The van der Waals surface area contributed by atoms with Crippen LogP contribution in [0.5, 0.6) is 5.75 Å². The quantitative estimate of drug-likeness (QED) is 0.452. The predicted octanol–water partition coefficient (Wildman–Crippen LogP) is 5.80. The second kappa shape index (κ2) is 9.22. The van der Waals surface area contributed by atoms with Gasteiger partial charge in [0.15, 0.2) is 0 Å². The fraction of sp³-hybridized carbons (Fsp3) is 0.200. The highest BCUT2D eigenvalue weighted by molar-refractivity contribution is 7.13. The summed E-state index contributed by atoms with van der Waals surface area (Å²) >= 11 is 13.8. The fourth-order valence-corrected chi connectivity index (χ4v) is 3.64. The largest absolute Gasteiger partial charge is 0.488 e. The molecular formula is C20H17Cl2NO3S. The summed E-state index contributed by atoms with van der Waals surface area (Å²) in [5.41, 5.74) is 2.32. The summed E-state index contributed by atoms with van der Waals surface area (Å²) in [7, 11) is 0. The molecule has 2 aromatic carbocycles. The van der Waals surface area contributed by atoms with Gasteiger partial charge in [-0.3, -0.25) is 4.79 Å². The van der Waals surface area contributed by atoms with Crippen molar-refractivity contribution in [1.29, 1.82) is 0 Å². The van der Waals surface area contributed by atoms with Crippen molar-refractivity contribution in [1.82, 2.24) is 4.98 Å². The number of halogens is 2. The minimum atomic E-state index is -0.296. The molecule has 0 aliphatic rings. The van der Waals surface area contributed by atoms with E-state index in [0.717, 1.165) is 16.1 Å². The van der Waals surface area contributed by atoms with Gasteiger partial charge in [0, 0.05) is 21.0 Å². The van der Waals surface area contributed by atoms with Crippen LogP contribution < -0.4 is 4.74 Å². The van der Waals surface area contributed by atoms with Crippen molar-refractivity contribution >= 4 is 40.5 Å². The molecule has 7 heteroatoms. The molecule has 27 heavy (non-hydrogen) atoms. The van der Waals surface area contributed by atoms with Gasteiger partial charge >= 0.3 is 5.97 Å². The molecule has 1 aromatic heterocycles. The third kappa shape index (κ3) is 5.22. The van der Waals surface area contributed by atoms with Crippen LogP contribution in [0.3, 0.4) is 0 Å². The summed E-state index contributed by atoms with van der Waals surface area (Å²) in [6, 6.07) is 12.9. The van der Waals surface area contributed by atoms with Crippen LogP contribution in [0.2, 0.25) is 10.0 Å². The van der Waals surface area contributed by atoms with Crippen LogP contribution in [0, 0.1) is 0 Å². The first-order valence-corrected chi connectivity index (χ1v) is 9.96. The first kappa shape index (κ1) is 19.7. The highest BCUT2D eigenvalue weighted by Gasteiger charge is 2.14. The van der Waals surface area contributed by atoms with E-state index in [1.54, 1.807) is 25.1 Å². The van der Waals surface area contributed by atoms with Gasteiger partial charge < -0.3 is 9.47 Å². The standard InChI is InChI=1S/C20H17Cl2NO3S/c1-2-25-19(24)10-15-12-27-20(23-15)16-9-14(21)7-8-18(16)26-11-13-5-3-4-6-17(13)22/h3-9,12H,2,10-11H2,1H3. The van der Waals surface area contributed by atoms with E-state index in [9.17, 15) is 4.79 Å². The summed E-state index contributed by atoms with van der Waals surface area (Å²) in [6.07, 6.45) is 0.140. The SMILES string of the molecule is CCOC(=O)Cc1csc(-c2cc(Cl)ccc2OCc2ccccc2Cl)n1. The number of rotatable bonds is 7. The predicted molar refractivity (Wildman–Crippen MR) is 109 cm³/mol. The molecule has 0 aliphatic heterocycles. The Morgan fingerprint density at radius 3 is 2.78 bits per heavy atom. The van der Waals surface area contributed by atoms with Gasteiger partial charge in [0.2, 0.25) is 0 Å². The summed E-state index contributed by atoms with van der Waals surface area (Å²) in [6.45, 7) is 2.46. The number of hydrogen-bond acceptors (Lipinski definition) is 5. The molecule has 3 rings (SSSR count). The summed E-state index contributed by atoms with van der Waals surface area (Å²) in [5.74, 6) is 0.354. The Morgan fingerprint density at radius 1 is 1.19 bits per heavy atom. The van der Waals surface area contributed by atoms with Crippen LogP contribution in [0.4, 0.5) is 0 Å². The van der Waals surface area contributed by atoms with Gasteiger partial charge in [0.05, 0.1) is 24.3 Å². The topological polar surface area (TPSA) is 48.4 Å². The Labute approximate surface area is 171 Å². The zero-order chi connectivity index (χ0) is 19.2. The van der Waals surface area contributed by atoms with Gasteiger partial charge in [0.1, 0.15) is 17.4 Å². The molecule has 0 saturated heterocycles. The van der Waals surface area contributed by atoms with Gasteiger partial charge in [-0.25, -0.2) is 4.98 Å². The summed E-state index contributed by atoms with van der Waals surface area (Å²) in [5, 5.41) is 3.80. The zero-order valence-corrected chi connectivity index (χ0v) is 16.9.